The van der Waals surface area contributed by atoms with Crippen LogP contribution in [-0.2, 0) is 11.3 Å². The van der Waals surface area contributed by atoms with Crippen molar-refractivity contribution in [3.63, 3.8) is 0 Å². The fourth-order valence-electron chi connectivity index (χ4n) is 4.16. The van der Waals surface area contributed by atoms with Gasteiger partial charge in [0.05, 0.1) is 17.8 Å². The first kappa shape index (κ1) is 30.7. The molecule has 222 valence electrons. The zero-order valence-electron chi connectivity index (χ0n) is 24.1. The van der Waals surface area contributed by atoms with E-state index in [1.807, 2.05) is 57.2 Å². The van der Waals surface area contributed by atoms with Crippen LogP contribution in [0.15, 0.2) is 87.6 Å². The van der Waals surface area contributed by atoms with Crippen molar-refractivity contribution in [2.45, 2.75) is 54.0 Å². The number of hydrogen-bond donors (Lipinski definition) is 3. The van der Waals surface area contributed by atoms with Crippen LogP contribution in [0.2, 0.25) is 0 Å². The number of anilines is 1. The molecule has 2 heterocycles. The Labute approximate surface area is 263 Å². The highest BCUT2D eigenvalue weighted by Crippen LogP contribution is 2.39. The van der Waals surface area contributed by atoms with Crippen LogP contribution in [-0.4, -0.2) is 40.8 Å². The summed E-state index contributed by atoms with van der Waals surface area (Å²) in [6, 6.07) is 21.0. The molecule has 0 atom stereocenters. The second-order valence-corrected chi connectivity index (χ2v) is 14.1. The number of alkyl carbamates (subject to hydrolysis) is 1. The van der Waals surface area contributed by atoms with E-state index in [2.05, 4.69) is 33.1 Å². The van der Waals surface area contributed by atoms with Gasteiger partial charge in [0, 0.05) is 43.4 Å². The largest absolute Gasteiger partial charge is 0.444 e. The summed E-state index contributed by atoms with van der Waals surface area (Å²) in [6.07, 6.45) is 2.23. The van der Waals surface area contributed by atoms with Crippen LogP contribution in [0.3, 0.4) is 0 Å². The number of amides is 3. The average Bonchev–Trinajstić information content (AvgIpc) is 3.40. The molecule has 3 aromatic carbocycles. The number of thioether (sulfide) groups is 1. The molecule has 0 saturated carbocycles. The van der Waals surface area contributed by atoms with Crippen LogP contribution in [0, 0.1) is 0 Å². The second kappa shape index (κ2) is 13.7. The molecule has 11 heteroatoms. The fourth-order valence-corrected chi connectivity index (χ4v) is 6.88. The van der Waals surface area contributed by atoms with E-state index >= 15 is 0 Å². The Balaban J connectivity index is 1.09. The molecular formula is C32H32N4O4S3. The Hall–Kier alpha value is -3.80. The number of nitrogens with one attached hydrogen (secondary N) is 3. The van der Waals surface area contributed by atoms with Crippen LogP contribution in [0.1, 0.15) is 52.8 Å². The van der Waals surface area contributed by atoms with Crippen molar-refractivity contribution in [2.24, 2.45) is 0 Å². The number of carbonyl (C=O) groups excluding carboxylic acids is 3. The molecule has 4 aromatic rings. The predicted octanol–water partition coefficient (Wildman–Crippen LogP) is 7.46. The Bertz CT molecular complexity index is 1630. The summed E-state index contributed by atoms with van der Waals surface area (Å²) in [5, 5.41) is 9.56. The Morgan fingerprint density at radius 2 is 1.79 bits per heavy atom. The lowest BCUT2D eigenvalue weighted by molar-refractivity contribution is 0.0527. The lowest BCUT2D eigenvalue weighted by atomic mass is 10.1. The molecule has 5 rings (SSSR count). The van der Waals surface area contributed by atoms with Crippen molar-refractivity contribution < 1.29 is 19.1 Å². The van der Waals surface area contributed by atoms with Crippen molar-refractivity contribution in [3.05, 3.63) is 88.9 Å². The number of nitrogens with zero attached hydrogens (tertiary/aromatic N) is 1. The summed E-state index contributed by atoms with van der Waals surface area (Å²) < 4.78 is 5.25. The first-order valence-corrected chi connectivity index (χ1v) is 16.4. The third kappa shape index (κ3) is 8.40. The van der Waals surface area contributed by atoms with Crippen molar-refractivity contribution in [1.29, 1.82) is 0 Å². The molecule has 0 saturated heterocycles. The predicted molar refractivity (Wildman–Crippen MR) is 173 cm³/mol. The summed E-state index contributed by atoms with van der Waals surface area (Å²) in [4.78, 5) is 45.8. The van der Waals surface area contributed by atoms with E-state index in [1.165, 1.54) is 23.1 Å². The van der Waals surface area contributed by atoms with Crippen LogP contribution in [0.4, 0.5) is 10.5 Å². The quantitative estimate of drug-likeness (QED) is 0.130. The zero-order chi connectivity index (χ0) is 30.4. The van der Waals surface area contributed by atoms with Crippen molar-refractivity contribution in [3.8, 4) is 10.6 Å². The molecule has 3 N–H and O–H groups in total. The number of thiazole rings is 1. The maximum Gasteiger partial charge on any atom is 0.407 e. The maximum atomic E-state index is 12.9. The number of carbonyl (C=O) groups is 3. The van der Waals surface area contributed by atoms with Gasteiger partial charge in [-0.3, -0.25) is 9.59 Å². The molecule has 0 fully saturated rings. The van der Waals surface area contributed by atoms with Crippen LogP contribution >= 0.6 is 34.9 Å². The molecule has 8 nitrogen and oxygen atoms in total. The molecule has 0 spiro atoms. The standard InChI is InChI=1S/C32H32N4O4S3/c1-32(2,3)40-31(39)33-15-6-16-41-22-12-9-20(10-13-22)30-35-19-23(42-30)18-34-28(37)21-11-14-27-25(17-21)36-29(38)24-7-4-5-8-26(24)43-27/h4-5,7-14,17,19H,6,15-16,18H2,1-3H3,(H,33,39)(H,34,37)(H,36,38). The molecule has 1 aliphatic rings. The molecule has 1 aliphatic heterocycles. The summed E-state index contributed by atoms with van der Waals surface area (Å²) >= 11 is 4.77. The number of aromatic nitrogens is 1. The zero-order valence-corrected chi connectivity index (χ0v) is 26.5. The van der Waals surface area contributed by atoms with E-state index in [4.69, 9.17) is 4.74 Å². The molecule has 0 radical (unpaired) electrons. The van der Waals surface area contributed by atoms with E-state index in [0.29, 0.717) is 29.9 Å². The lowest BCUT2D eigenvalue weighted by Gasteiger charge is -2.19. The Kier molecular flexibility index (Phi) is 9.74. The number of ether oxygens (including phenoxy) is 1. The van der Waals surface area contributed by atoms with Crippen molar-refractivity contribution in [1.82, 2.24) is 15.6 Å². The lowest BCUT2D eigenvalue weighted by Crippen LogP contribution is -2.33. The number of fused-ring (bicyclic) bond motifs is 2. The topological polar surface area (TPSA) is 109 Å². The highest BCUT2D eigenvalue weighted by atomic mass is 32.2. The van der Waals surface area contributed by atoms with Crippen LogP contribution in [0.5, 0.6) is 0 Å². The first-order valence-electron chi connectivity index (χ1n) is 13.8. The smallest absolute Gasteiger partial charge is 0.407 e. The van der Waals surface area contributed by atoms with Gasteiger partial charge in [0.15, 0.2) is 0 Å². The molecule has 0 bridgehead atoms. The highest BCUT2D eigenvalue weighted by molar-refractivity contribution is 7.99. The molecule has 0 aliphatic carbocycles. The normalized spacial score (nSPS) is 12.4. The molecular weight excluding hydrogens is 601 g/mol. The number of rotatable bonds is 9. The van der Waals surface area contributed by atoms with Gasteiger partial charge in [0.25, 0.3) is 11.8 Å². The van der Waals surface area contributed by atoms with E-state index in [0.717, 1.165) is 42.3 Å². The molecule has 3 amide bonds. The van der Waals surface area contributed by atoms with Gasteiger partial charge >= 0.3 is 6.09 Å². The monoisotopic (exact) mass is 632 g/mol. The van der Waals surface area contributed by atoms with Crippen LogP contribution in [0.25, 0.3) is 10.6 Å². The minimum atomic E-state index is -0.496. The number of hydrogen-bond acceptors (Lipinski definition) is 8. The SMILES string of the molecule is CC(C)(C)OC(=O)NCCCSc1ccc(-c2ncc(CNC(=O)c3ccc4c(c3)NC(=O)c3ccccc3S4)s2)cc1. The van der Waals surface area contributed by atoms with E-state index in [1.54, 1.807) is 36.2 Å². The summed E-state index contributed by atoms with van der Waals surface area (Å²) in [6.45, 7) is 6.45. The second-order valence-electron chi connectivity index (χ2n) is 10.7. The minimum absolute atomic E-state index is 0.184. The van der Waals surface area contributed by atoms with E-state index in [9.17, 15) is 14.4 Å². The Morgan fingerprint density at radius 3 is 2.58 bits per heavy atom. The summed E-state index contributed by atoms with van der Waals surface area (Å²) in [5.41, 5.74) is 2.23. The van der Waals surface area contributed by atoms with Gasteiger partial charge in [-0.25, -0.2) is 9.78 Å². The molecule has 0 unspecified atom stereocenters. The van der Waals surface area contributed by atoms with Gasteiger partial charge in [0.2, 0.25) is 0 Å². The first-order chi connectivity index (χ1) is 20.6. The minimum Gasteiger partial charge on any atom is -0.444 e. The average molecular weight is 633 g/mol. The summed E-state index contributed by atoms with van der Waals surface area (Å²) in [5.74, 6) is 0.469. The fraction of sp³-hybridized carbons (Fsp3) is 0.250. The van der Waals surface area contributed by atoms with Gasteiger partial charge in [-0.15, -0.1) is 23.1 Å². The summed E-state index contributed by atoms with van der Waals surface area (Å²) in [7, 11) is 0. The highest BCUT2D eigenvalue weighted by Gasteiger charge is 2.21. The molecule has 43 heavy (non-hydrogen) atoms. The van der Waals surface area contributed by atoms with Crippen LogP contribution < -0.4 is 16.0 Å². The van der Waals surface area contributed by atoms with Gasteiger partial charge in [0.1, 0.15) is 10.6 Å². The van der Waals surface area contributed by atoms with Gasteiger partial charge in [-0.1, -0.05) is 36.0 Å². The van der Waals surface area contributed by atoms with Gasteiger partial charge in [-0.05, 0) is 75.4 Å². The maximum absolute atomic E-state index is 12.9. The Morgan fingerprint density at radius 1 is 1.00 bits per heavy atom. The van der Waals surface area contributed by atoms with Gasteiger partial charge < -0.3 is 20.7 Å². The van der Waals surface area contributed by atoms with Crippen molar-refractivity contribution in [2.75, 3.05) is 17.6 Å². The number of benzene rings is 3. The third-order valence-electron chi connectivity index (χ3n) is 6.18. The third-order valence-corrected chi connectivity index (χ3v) is 9.47. The van der Waals surface area contributed by atoms with Crippen molar-refractivity contribution >= 4 is 58.5 Å². The molecule has 1 aromatic heterocycles. The van der Waals surface area contributed by atoms with E-state index < -0.39 is 5.60 Å². The van der Waals surface area contributed by atoms with Gasteiger partial charge in [-0.2, -0.15) is 0 Å². The van der Waals surface area contributed by atoms with E-state index in [-0.39, 0.29) is 17.9 Å².